The molecule has 2 aliphatic rings. The van der Waals surface area contributed by atoms with Gasteiger partial charge in [-0.3, -0.25) is 14.5 Å². The molecule has 1 atom stereocenters. The maximum atomic E-state index is 13.2. The molecule has 0 N–H and O–H groups in total. The van der Waals surface area contributed by atoms with E-state index in [1.807, 2.05) is 29.5 Å². The fraction of sp³-hybridized carbons (Fsp3) is 0.476. The first kappa shape index (κ1) is 20.3. The lowest BCUT2D eigenvalue weighted by Crippen LogP contribution is -2.47. The van der Waals surface area contributed by atoms with Crippen LogP contribution in [0.3, 0.4) is 0 Å². The van der Waals surface area contributed by atoms with E-state index in [9.17, 15) is 9.59 Å². The molecular weight excluding hydrogens is 404 g/mol. The Labute approximate surface area is 179 Å². The molecule has 1 saturated heterocycles. The number of nitrogens with zero attached hydrogens (tertiary/aromatic N) is 4. The van der Waals surface area contributed by atoms with E-state index in [-0.39, 0.29) is 23.9 Å². The summed E-state index contributed by atoms with van der Waals surface area (Å²) >= 11 is 3.34. The summed E-state index contributed by atoms with van der Waals surface area (Å²) < 4.78 is 0. The summed E-state index contributed by atoms with van der Waals surface area (Å²) in [4.78, 5) is 31.1. The maximum absolute atomic E-state index is 13.2. The number of hydrogen-bond donors (Lipinski definition) is 0. The van der Waals surface area contributed by atoms with Gasteiger partial charge in [-0.1, -0.05) is 12.1 Å². The minimum absolute atomic E-state index is 0.0130. The molecule has 4 rings (SSSR count). The van der Waals surface area contributed by atoms with Gasteiger partial charge in [0.15, 0.2) is 0 Å². The van der Waals surface area contributed by atoms with Crippen molar-refractivity contribution in [3.8, 4) is 0 Å². The average Bonchev–Trinajstić information content (AvgIpc) is 3.48. The van der Waals surface area contributed by atoms with Gasteiger partial charge in [0.2, 0.25) is 5.91 Å². The van der Waals surface area contributed by atoms with Gasteiger partial charge in [0.05, 0.1) is 23.2 Å². The highest BCUT2D eigenvalue weighted by Crippen LogP contribution is 2.36. The quantitative estimate of drug-likeness (QED) is 0.730. The lowest BCUT2D eigenvalue weighted by atomic mass is 10.0. The monoisotopic (exact) mass is 430 g/mol. The number of thiophene rings is 2. The van der Waals surface area contributed by atoms with E-state index >= 15 is 0 Å². The topological polar surface area (TPSA) is 56.2 Å². The fourth-order valence-electron chi connectivity index (χ4n) is 4.02. The van der Waals surface area contributed by atoms with Crippen LogP contribution in [0.15, 0.2) is 40.1 Å². The third-order valence-corrected chi connectivity index (χ3v) is 7.70. The highest BCUT2D eigenvalue weighted by atomic mass is 32.1. The summed E-state index contributed by atoms with van der Waals surface area (Å²) in [5, 5.41) is 10.5. The molecule has 2 amide bonds. The zero-order valence-electron chi connectivity index (χ0n) is 16.8. The lowest BCUT2D eigenvalue weighted by molar-refractivity contribution is -0.135. The minimum Gasteiger partial charge on any atom is -0.343 e. The normalized spacial score (nSPS) is 20.7. The Morgan fingerprint density at radius 1 is 1.17 bits per heavy atom. The van der Waals surface area contributed by atoms with Gasteiger partial charge >= 0.3 is 0 Å². The summed E-state index contributed by atoms with van der Waals surface area (Å²) in [5.74, 6) is 0.152. The standard InChI is InChI=1S/C21H26N4O2S2/c1-15(26)23(2)16-7-9-24(10-8-16)14-21(27)25-18(20-6-4-12-29-20)13-17(22-25)19-5-3-11-28-19/h3-6,11-12,16,18H,7-10,13-14H2,1-2H3. The zero-order valence-corrected chi connectivity index (χ0v) is 18.4. The highest BCUT2D eigenvalue weighted by Gasteiger charge is 2.35. The van der Waals surface area contributed by atoms with Crippen molar-refractivity contribution in [2.75, 3.05) is 26.7 Å². The van der Waals surface area contributed by atoms with Crippen LogP contribution in [0, 0.1) is 0 Å². The van der Waals surface area contributed by atoms with E-state index in [0.717, 1.165) is 42.9 Å². The van der Waals surface area contributed by atoms with Crippen LogP contribution in [0.4, 0.5) is 0 Å². The van der Waals surface area contributed by atoms with Gasteiger partial charge < -0.3 is 4.90 Å². The zero-order chi connectivity index (χ0) is 20.4. The van der Waals surface area contributed by atoms with Gasteiger partial charge in [-0.15, -0.1) is 22.7 Å². The van der Waals surface area contributed by atoms with Crippen LogP contribution in [0.2, 0.25) is 0 Å². The molecule has 1 unspecified atom stereocenters. The number of hydrazone groups is 1. The Kier molecular flexibility index (Phi) is 6.12. The summed E-state index contributed by atoms with van der Waals surface area (Å²) in [6.07, 6.45) is 2.57. The molecule has 0 saturated carbocycles. The van der Waals surface area contributed by atoms with Gasteiger partial charge in [-0.05, 0) is 35.7 Å². The fourth-order valence-corrected chi connectivity index (χ4v) is 5.55. The molecule has 29 heavy (non-hydrogen) atoms. The first-order valence-corrected chi connectivity index (χ1v) is 11.7. The van der Waals surface area contributed by atoms with E-state index in [2.05, 4.69) is 22.4 Å². The lowest BCUT2D eigenvalue weighted by Gasteiger charge is -2.36. The molecule has 1 fully saturated rings. The third-order valence-electron chi connectivity index (χ3n) is 5.80. The molecule has 0 radical (unpaired) electrons. The van der Waals surface area contributed by atoms with Crippen LogP contribution in [0.5, 0.6) is 0 Å². The van der Waals surface area contributed by atoms with E-state index in [4.69, 9.17) is 5.10 Å². The van der Waals surface area contributed by atoms with Crippen molar-refractivity contribution in [1.29, 1.82) is 0 Å². The number of carbonyl (C=O) groups is 2. The van der Waals surface area contributed by atoms with Crippen molar-refractivity contribution in [1.82, 2.24) is 14.8 Å². The number of likely N-dealkylation sites (tertiary alicyclic amines) is 1. The summed E-state index contributed by atoms with van der Waals surface area (Å²) in [6.45, 7) is 3.64. The molecule has 2 aromatic heterocycles. The Hall–Kier alpha value is -2.03. The van der Waals surface area contributed by atoms with Gasteiger partial charge in [0.1, 0.15) is 0 Å². The van der Waals surface area contributed by atoms with Crippen LogP contribution < -0.4 is 0 Å². The number of hydrogen-bond acceptors (Lipinski definition) is 6. The van der Waals surface area contributed by atoms with Crippen LogP contribution in [0.25, 0.3) is 0 Å². The van der Waals surface area contributed by atoms with Gasteiger partial charge in [0.25, 0.3) is 5.91 Å². The van der Waals surface area contributed by atoms with Crippen LogP contribution in [-0.2, 0) is 9.59 Å². The first-order valence-electron chi connectivity index (χ1n) is 9.95. The van der Waals surface area contributed by atoms with Crippen LogP contribution in [0.1, 0.15) is 42.0 Å². The van der Waals surface area contributed by atoms with Gasteiger partial charge in [-0.25, -0.2) is 5.01 Å². The maximum Gasteiger partial charge on any atom is 0.257 e. The highest BCUT2D eigenvalue weighted by molar-refractivity contribution is 7.12. The predicted molar refractivity (Wildman–Crippen MR) is 117 cm³/mol. The van der Waals surface area contributed by atoms with Gasteiger partial charge in [0, 0.05) is 44.4 Å². The average molecular weight is 431 g/mol. The summed E-state index contributed by atoms with van der Waals surface area (Å²) in [7, 11) is 1.87. The SMILES string of the molecule is CC(=O)N(C)C1CCN(CC(=O)N2N=C(c3cccs3)CC2c2cccs2)CC1. The molecule has 0 aromatic carbocycles. The van der Waals surface area contributed by atoms with Crippen molar-refractivity contribution < 1.29 is 9.59 Å². The molecule has 2 aliphatic heterocycles. The Morgan fingerprint density at radius 2 is 1.90 bits per heavy atom. The Morgan fingerprint density at radius 3 is 2.52 bits per heavy atom. The molecule has 6 nitrogen and oxygen atoms in total. The second kappa shape index (κ2) is 8.77. The van der Waals surface area contributed by atoms with Crippen molar-refractivity contribution in [3.63, 3.8) is 0 Å². The van der Waals surface area contributed by atoms with Gasteiger partial charge in [-0.2, -0.15) is 5.10 Å². The Balaban J connectivity index is 1.43. The number of piperidine rings is 1. The predicted octanol–water partition coefficient (Wildman–Crippen LogP) is 3.43. The van der Waals surface area contributed by atoms with Crippen molar-refractivity contribution >= 4 is 40.2 Å². The van der Waals surface area contributed by atoms with Crippen molar-refractivity contribution in [2.24, 2.45) is 5.10 Å². The molecular formula is C21H26N4O2S2. The van der Waals surface area contributed by atoms with Crippen molar-refractivity contribution in [3.05, 3.63) is 44.8 Å². The minimum atomic E-state index is -0.0130. The molecule has 8 heteroatoms. The smallest absolute Gasteiger partial charge is 0.257 e. The summed E-state index contributed by atoms with van der Waals surface area (Å²) in [6, 6.07) is 8.47. The summed E-state index contributed by atoms with van der Waals surface area (Å²) in [5.41, 5.74) is 0.994. The molecule has 154 valence electrons. The molecule has 0 bridgehead atoms. The largest absolute Gasteiger partial charge is 0.343 e. The van der Waals surface area contributed by atoms with E-state index in [0.29, 0.717) is 6.54 Å². The van der Waals surface area contributed by atoms with Crippen molar-refractivity contribution in [2.45, 2.75) is 38.3 Å². The molecule has 4 heterocycles. The third kappa shape index (κ3) is 4.44. The number of rotatable bonds is 5. The molecule has 0 spiro atoms. The number of amides is 2. The van der Waals surface area contributed by atoms with E-state index in [1.54, 1.807) is 34.6 Å². The van der Waals surface area contributed by atoms with Crippen LogP contribution >= 0.6 is 22.7 Å². The Bertz CT molecular complexity index is 871. The molecule has 2 aromatic rings. The second-order valence-electron chi connectivity index (χ2n) is 7.63. The molecule has 0 aliphatic carbocycles. The van der Waals surface area contributed by atoms with E-state index in [1.165, 1.54) is 4.88 Å². The number of carbonyl (C=O) groups excluding carboxylic acids is 2. The first-order chi connectivity index (χ1) is 14.0. The van der Waals surface area contributed by atoms with E-state index < -0.39 is 0 Å². The van der Waals surface area contributed by atoms with Crippen LogP contribution in [-0.4, -0.2) is 65.1 Å². The second-order valence-corrected chi connectivity index (χ2v) is 9.56.